The van der Waals surface area contributed by atoms with Gasteiger partial charge in [-0.2, -0.15) is 0 Å². The average Bonchev–Trinajstić information content (AvgIpc) is 2.88. The van der Waals surface area contributed by atoms with Gasteiger partial charge in [-0.15, -0.1) is 11.3 Å². The van der Waals surface area contributed by atoms with Crippen LogP contribution in [0.15, 0.2) is 6.07 Å². The van der Waals surface area contributed by atoms with Crippen molar-refractivity contribution in [2.45, 2.75) is 26.2 Å². The highest BCUT2D eigenvalue weighted by Gasteiger charge is 2.20. The molecule has 1 aliphatic carbocycles. The fourth-order valence-corrected chi connectivity index (χ4v) is 3.56. The van der Waals surface area contributed by atoms with E-state index in [-0.39, 0.29) is 5.91 Å². The number of methoxy groups -OCH3 is 1. The van der Waals surface area contributed by atoms with E-state index in [0.29, 0.717) is 24.2 Å². The van der Waals surface area contributed by atoms with Gasteiger partial charge in [-0.05, 0) is 49.0 Å². The zero-order valence-electron chi connectivity index (χ0n) is 12.3. The van der Waals surface area contributed by atoms with E-state index in [1.807, 2.05) is 6.07 Å². The Kier molecular flexibility index (Phi) is 5.96. The Labute approximate surface area is 134 Å². The normalized spacial score (nSPS) is 17.0. The smallest absolute Gasteiger partial charge is 0.279 e. The van der Waals surface area contributed by atoms with Crippen LogP contribution < -0.4 is 16.2 Å². The molecule has 0 saturated carbocycles. The summed E-state index contributed by atoms with van der Waals surface area (Å²) in [6.07, 6.45) is 3.36. The van der Waals surface area contributed by atoms with Gasteiger partial charge in [0.25, 0.3) is 5.91 Å². The first kappa shape index (κ1) is 16.2. The minimum atomic E-state index is -0.141. The summed E-state index contributed by atoms with van der Waals surface area (Å²) in [6, 6.07) is 2.01. The maximum atomic E-state index is 12.1. The molecule has 7 heteroatoms. The van der Waals surface area contributed by atoms with Gasteiger partial charge < -0.3 is 10.1 Å². The van der Waals surface area contributed by atoms with Crippen LogP contribution in [0.5, 0.6) is 0 Å². The molecule has 0 saturated heterocycles. The van der Waals surface area contributed by atoms with Crippen molar-refractivity contribution in [2.24, 2.45) is 5.92 Å². The molecule has 3 N–H and O–H groups in total. The van der Waals surface area contributed by atoms with E-state index in [0.717, 1.165) is 17.7 Å². The van der Waals surface area contributed by atoms with Gasteiger partial charge in [0.2, 0.25) is 0 Å². The number of nitrogens with one attached hydrogen (secondary N) is 3. The van der Waals surface area contributed by atoms with Crippen LogP contribution >= 0.6 is 23.6 Å². The van der Waals surface area contributed by atoms with Gasteiger partial charge >= 0.3 is 0 Å². The SMILES string of the molecule is COCCNC(=S)NNC(=O)c1cc2c(s1)CCC(C)C2. The second kappa shape index (κ2) is 7.72. The zero-order valence-corrected chi connectivity index (χ0v) is 14.0. The third kappa shape index (κ3) is 4.66. The van der Waals surface area contributed by atoms with Gasteiger partial charge in [0.15, 0.2) is 5.11 Å². The molecule has 1 amide bonds. The van der Waals surface area contributed by atoms with Gasteiger partial charge in [0.1, 0.15) is 0 Å². The topological polar surface area (TPSA) is 62.4 Å². The number of hydrogen-bond donors (Lipinski definition) is 3. The van der Waals surface area contributed by atoms with E-state index in [2.05, 4.69) is 23.1 Å². The molecular weight excluding hydrogens is 306 g/mol. The quantitative estimate of drug-likeness (QED) is 0.446. The molecule has 1 aromatic heterocycles. The van der Waals surface area contributed by atoms with Crippen molar-refractivity contribution < 1.29 is 9.53 Å². The number of hydrogen-bond acceptors (Lipinski definition) is 4. The lowest BCUT2D eigenvalue weighted by molar-refractivity contribution is 0.0947. The molecule has 116 valence electrons. The minimum absolute atomic E-state index is 0.141. The second-order valence-corrected chi connectivity index (χ2v) is 6.78. The zero-order chi connectivity index (χ0) is 15.2. The van der Waals surface area contributed by atoms with E-state index >= 15 is 0 Å². The maximum Gasteiger partial charge on any atom is 0.279 e. The molecule has 1 unspecified atom stereocenters. The molecule has 2 rings (SSSR count). The lowest BCUT2D eigenvalue weighted by Gasteiger charge is -2.16. The lowest BCUT2D eigenvalue weighted by Crippen LogP contribution is -2.47. The number of hydrazine groups is 1. The maximum absolute atomic E-state index is 12.1. The van der Waals surface area contributed by atoms with Crippen LogP contribution in [0.4, 0.5) is 0 Å². The van der Waals surface area contributed by atoms with Crippen LogP contribution in [0.3, 0.4) is 0 Å². The molecule has 0 aromatic carbocycles. The van der Waals surface area contributed by atoms with Crippen molar-refractivity contribution in [3.05, 3.63) is 21.4 Å². The number of carbonyl (C=O) groups is 1. The third-order valence-corrected chi connectivity index (χ3v) is 4.92. The number of carbonyl (C=O) groups excluding carboxylic acids is 1. The van der Waals surface area contributed by atoms with Crippen molar-refractivity contribution in [1.29, 1.82) is 0 Å². The molecule has 0 spiro atoms. The summed E-state index contributed by atoms with van der Waals surface area (Å²) in [4.78, 5) is 14.2. The summed E-state index contributed by atoms with van der Waals surface area (Å²) in [5, 5.41) is 3.31. The van der Waals surface area contributed by atoms with Crippen molar-refractivity contribution >= 4 is 34.6 Å². The fraction of sp³-hybridized carbons (Fsp3) is 0.571. The summed E-state index contributed by atoms with van der Waals surface area (Å²) >= 11 is 6.63. The first-order valence-electron chi connectivity index (χ1n) is 7.05. The Morgan fingerprint density at radius 1 is 1.52 bits per heavy atom. The number of thiophene rings is 1. The lowest BCUT2D eigenvalue weighted by atomic mass is 9.90. The number of aryl methyl sites for hydroxylation is 1. The number of ether oxygens (including phenoxy) is 1. The molecule has 1 heterocycles. The van der Waals surface area contributed by atoms with Crippen LogP contribution in [0, 0.1) is 5.92 Å². The summed E-state index contributed by atoms with van der Waals surface area (Å²) in [5.74, 6) is 0.566. The van der Waals surface area contributed by atoms with E-state index in [1.165, 1.54) is 16.9 Å². The van der Waals surface area contributed by atoms with Crippen molar-refractivity contribution in [1.82, 2.24) is 16.2 Å². The Balaban J connectivity index is 1.82. The summed E-state index contributed by atoms with van der Waals surface area (Å²) in [7, 11) is 1.62. The number of amides is 1. The van der Waals surface area contributed by atoms with Crippen LogP contribution in [0.2, 0.25) is 0 Å². The van der Waals surface area contributed by atoms with Gasteiger partial charge in [-0.1, -0.05) is 6.92 Å². The molecule has 0 aliphatic heterocycles. The van der Waals surface area contributed by atoms with Crippen molar-refractivity contribution in [2.75, 3.05) is 20.3 Å². The highest BCUT2D eigenvalue weighted by atomic mass is 32.1. The predicted molar refractivity (Wildman–Crippen MR) is 88.6 cm³/mol. The standard InChI is InChI=1S/C14H21N3O2S2/c1-9-3-4-11-10(7-9)8-12(21-11)13(18)16-17-14(20)15-5-6-19-2/h8-9H,3-7H2,1-2H3,(H,16,18)(H2,15,17,20). The summed E-state index contributed by atoms with van der Waals surface area (Å²) in [6.45, 7) is 3.42. The average molecular weight is 327 g/mol. The monoisotopic (exact) mass is 327 g/mol. The van der Waals surface area contributed by atoms with E-state index in [1.54, 1.807) is 18.4 Å². The number of fused-ring (bicyclic) bond motifs is 1. The summed E-state index contributed by atoms with van der Waals surface area (Å²) in [5.41, 5.74) is 6.65. The molecule has 1 aromatic rings. The molecule has 21 heavy (non-hydrogen) atoms. The van der Waals surface area contributed by atoms with Crippen LogP contribution in [0.1, 0.15) is 33.5 Å². The Morgan fingerprint density at radius 3 is 3.10 bits per heavy atom. The Hall–Kier alpha value is -1.18. The molecule has 5 nitrogen and oxygen atoms in total. The molecule has 0 radical (unpaired) electrons. The van der Waals surface area contributed by atoms with Gasteiger partial charge in [-0.25, -0.2) is 0 Å². The highest BCUT2D eigenvalue weighted by molar-refractivity contribution is 7.80. The van der Waals surface area contributed by atoms with Crippen molar-refractivity contribution in [3.63, 3.8) is 0 Å². The fourth-order valence-electron chi connectivity index (χ4n) is 2.30. The predicted octanol–water partition coefficient (Wildman–Crippen LogP) is 1.63. The third-order valence-electron chi connectivity index (χ3n) is 3.43. The first-order chi connectivity index (χ1) is 10.1. The molecule has 0 fully saturated rings. The second-order valence-electron chi connectivity index (χ2n) is 5.23. The Bertz CT molecular complexity index is 516. The molecular formula is C14H21N3O2S2. The van der Waals surface area contributed by atoms with Crippen LogP contribution in [-0.2, 0) is 17.6 Å². The number of thiocarbonyl (C=S) groups is 1. The first-order valence-corrected chi connectivity index (χ1v) is 8.27. The van der Waals surface area contributed by atoms with Gasteiger partial charge in [-0.3, -0.25) is 15.6 Å². The molecule has 1 atom stereocenters. The van der Waals surface area contributed by atoms with Crippen LogP contribution in [-0.4, -0.2) is 31.3 Å². The van der Waals surface area contributed by atoms with Crippen LogP contribution in [0.25, 0.3) is 0 Å². The highest BCUT2D eigenvalue weighted by Crippen LogP contribution is 2.31. The minimum Gasteiger partial charge on any atom is -0.383 e. The van der Waals surface area contributed by atoms with E-state index in [4.69, 9.17) is 17.0 Å². The largest absolute Gasteiger partial charge is 0.383 e. The summed E-state index contributed by atoms with van der Waals surface area (Å²) < 4.78 is 4.91. The molecule has 0 bridgehead atoms. The van der Waals surface area contributed by atoms with Gasteiger partial charge in [0, 0.05) is 18.5 Å². The Morgan fingerprint density at radius 2 is 2.33 bits per heavy atom. The van der Waals surface area contributed by atoms with E-state index < -0.39 is 0 Å². The number of rotatable bonds is 4. The van der Waals surface area contributed by atoms with Gasteiger partial charge in [0.05, 0.1) is 11.5 Å². The molecule has 1 aliphatic rings. The van der Waals surface area contributed by atoms with Crippen molar-refractivity contribution in [3.8, 4) is 0 Å². The van der Waals surface area contributed by atoms with E-state index in [9.17, 15) is 4.79 Å².